The van der Waals surface area contributed by atoms with Crippen molar-refractivity contribution in [1.29, 1.82) is 5.26 Å². The summed E-state index contributed by atoms with van der Waals surface area (Å²) >= 11 is 4.53. The van der Waals surface area contributed by atoms with E-state index in [-0.39, 0.29) is 11.1 Å². The number of aromatic nitrogens is 1. The van der Waals surface area contributed by atoms with E-state index >= 15 is 0 Å². The first-order valence-electron chi connectivity index (χ1n) is 7.41. The molecule has 0 radical (unpaired) electrons. The van der Waals surface area contributed by atoms with Crippen LogP contribution in [0.25, 0.3) is 11.6 Å². The molecule has 0 aliphatic carbocycles. The normalized spacial score (nSPS) is 12.7. The number of carbonyl (C=O) groups is 1. The Morgan fingerprint density at radius 3 is 2.58 bits per heavy atom. The van der Waals surface area contributed by atoms with Crippen LogP contribution in [0.1, 0.15) is 19.4 Å². The summed E-state index contributed by atoms with van der Waals surface area (Å²) in [5.74, 6) is -0.460. The van der Waals surface area contributed by atoms with Crippen LogP contribution in [0.5, 0.6) is 0 Å². The number of hydrogen-bond donors (Lipinski definition) is 1. The Morgan fingerprint density at radius 1 is 1.38 bits per heavy atom. The van der Waals surface area contributed by atoms with Gasteiger partial charge in [0, 0.05) is 17.6 Å². The summed E-state index contributed by atoms with van der Waals surface area (Å²) in [6.45, 7) is 4.40. The van der Waals surface area contributed by atoms with Gasteiger partial charge in [-0.25, -0.2) is 0 Å². The highest BCUT2D eigenvalue weighted by atomic mass is 79.9. The molecule has 0 saturated heterocycles. The second-order valence-corrected chi connectivity index (χ2v) is 6.81. The Bertz CT molecular complexity index is 965. The minimum atomic E-state index is -0.460. The van der Waals surface area contributed by atoms with E-state index < -0.39 is 5.91 Å². The van der Waals surface area contributed by atoms with Gasteiger partial charge < -0.3 is 5.32 Å². The summed E-state index contributed by atoms with van der Waals surface area (Å²) in [6, 6.07) is 9.48. The predicted molar refractivity (Wildman–Crippen MR) is 98.9 cm³/mol. The first-order valence-corrected chi connectivity index (χ1v) is 9.02. The number of benzene rings is 1. The fraction of sp³-hybridized carbons (Fsp3) is 0.235. The molecule has 0 fully saturated rings. The van der Waals surface area contributed by atoms with Crippen LogP contribution >= 0.6 is 27.3 Å². The van der Waals surface area contributed by atoms with Crippen molar-refractivity contribution in [3.63, 3.8) is 0 Å². The molecule has 0 spiro atoms. The van der Waals surface area contributed by atoms with E-state index in [1.54, 1.807) is 13.0 Å². The molecule has 0 aliphatic heterocycles. The van der Waals surface area contributed by atoms with Crippen LogP contribution in [0.2, 0.25) is 0 Å². The zero-order chi connectivity index (χ0) is 17.7. The third-order valence-electron chi connectivity index (χ3n) is 3.28. The lowest BCUT2D eigenvalue weighted by Gasteiger charge is -2.00. The molecular formula is C17H16BrN3O2S. The third-order valence-corrected chi connectivity index (χ3v) is 4.94. The molecule has 1 amide bonds. The molecule has 0 saturated carbocycles. The van der Waals surface area contributed by atoms with Crippen LogP contribution in [-0.2, 0) is 11.3 Å². The largest absolute Gasteiger partial charge is 0.352 e. The second-order valence-electron chi connectivity index (χ2n) is 4.86. The lowest BCUT2D eigenvalue weighted by atomic mass is 10.2. The molecule has 0 bridgehead atoms. The van der Waals surface area contributed by atoms with Crippen LogP contribution in [0.4, 0.5) is 0 Å². The Kier molecular flexibility index (Phi) is 6.12. The van der Waals surface area contributed by atoms with Crippen LogP contribution in [-0.4, -0.2) is 17.0 Å². The number of carbonyl (C=O) groups excluding carboxylic acids is 1. The van der Waals surface area contributed by atoms with Gasteiger partial charge in [-0.1, -0.05) is 28.1 Å². The summed E-state index contributed by atoms with van der Waals surface area (Å²) in [4.78, 5) is 24.6. The van der Waals surface area contributed by atoms with Gasteiger partial charge in [-0.3, -0.25) is 14.2 Å². The van der Waals surface area contributed by atoms with Gasteiger partial charge in [-0.2, -0.15) is 5.26 Å². The van der Waals surface area contributed by atoms with E-state index in [1.807, 2.05) is 37.3 Å². The molecule has 5 nitrogen and oxygen atoms in total. The van der Waals surface area contributed by atoms with Gasteiger partial charge in [-0.15, -0.1) is 11.3 Å². The van der Waals surface area contributed by atoms with Crippen molar-refractivity contribution in [3.05, 3.63) is 53.9 Å². The summed E-state index contributed by atoms with van der Waals surface area (Å²) < 4.78 is 3.29. The van der Waals surface area contributed by atoms with E-state index in [0.717, 1.165) is 21.4 Å². The average Bonchev–Trinajstić information content (AvgIpc) is 2.86. The zero-order valence-electron chi connectivity index (χ0n) is 13.3. The van der Waals surface area contributed by atoms with E-state index in [2.05, 4.69) is 21.2 Å². The maximum absolute atomic E-state index is 12.6. The predicted octanol–water partition coefficient (Wildman–Crippen LogP) is 1.33. The maximum Gasteiger partial charge on any atom is 0.269 e. The molecule has 1 heterocycles. The van der Waals surface area contributed by atoms with E-state index in [0.29, 0.717) is 22.3 Å². The van der Waals surface area contributed by atoms with Gasteiger partial charge in [0.1, 0.15) is 10.7 Å². The second kappa shape index (κ2) is 8.08. The number of nitrogens with one attached hydrogen (secondary N) is 1. The first-order chi connectivity index (χ1) is 11.5. The third kappa shape index (κ3) is 3.83. The van der Waals surface area contributed by atoms with Crippen molar-refractivity contribution in [2.24, 2.45) is 0 Å². The maximum atomic E-state index is 12.6. The lowest BCUT2D eigenvalue weighted by molar-refractivity contribution is -0.115. The van der Waals surface area contributed by atoms with Crippen molar-refractivity contribution in [2.75, 3.05) is 6.54 Å². The zero-order valence-corrected chi connectivity index (χ0v) is 15.7. The van der Waals surface area contributed by atoms with Gasteiger partial charge in [-0.05, 0) is 37.6 Å². The van der Waals surface area contributed by atoms with Crippen molar-refractivity contribution in [2.45, 2.75) is 20.4 Å². The van der Waals surface area contributed by atoms with Crippen LogP contribution in [0.3, 0.4) is 0 Å². The number of halogens is 1. The van der Waals surface area contributed by atoms with Gasteiger partial charge in [0.25, 0.3) is 11.5 Å². The van der Waals surface area contributed by atoms with Crippen LogP contribution < -0.4 is 20.1 Å². The van der Waals surface area contributed by atoms with Gasteiger partial charge in [0.15, 0.2) is 5.57 Å². The highest BCUT2D eigenvalue weighted by Crippen LogP contribution is 2.10. The van der Waals surface area contributed by atoms with Gasteiger partial charge in [0.05, 0.1) is 4.53 Å². The molecule has 24 heavy (non-hydrogen) atoms. The average molecular weight is 406 g/mol. The number of rotatable bonds is 4. The smallest absolute Gasteiger partial charge is 0.269 e. The standard InChI is InChI=1S/C17H16BrN3O2S/c1-3-20-15(22)13(10-19)17-21(4-2)16(23)14(24-17)9-11-5-7-12(18)8-6-11/h5-9H,3-4H2,1-2H3,(H,20,22)/b14-9?,17-13-. The van der Waals surface area contributed by atoms with Gasteiger partial charge in [0.2, 0.25) is 0 Å². The van der Waals surface area contributed by atoms with Crippen molar-refractivity contribution < 1.29 is 4.79 Å². The summed E-state index contributed by atoms with van der Waals surface area (Å²) in [5, 5.41) is 12.0. The molecule has 1 aromatic heterocycles. The fourth-order valence-electron chi connectivity index (χ4n) is 2.15. The number of thiazole rings is 1. The monoisotopic (exact) mass is 405 g/mol. The van der Waals surface area contributed by atoms with Crippen molar-refractivity contribution >= 4 is 44.8 Å². The highest BCUT2D eigenvalue weighted by Gasteiger charge is 2.14. The molecule has 124 valence electrons. The van der Waals surface area contributed by atoms with Crippen LogP contribution in [0.15, 0.2) is 33.5 Å². The number of nitrogens with zero attached hydrogens (tertiary/aromatic N) is 2. The SMILES string of the molecule is CCNC(=O)/C(C#N)=c1\sc(=Cc2ccc(Br)cc2)c(=O)n1CC. The highest BCUT2D eigenvalue weighted by molar-refractivity contribution is 9.10. The number of amides is 1. The van der Waals surface area contributed by atoms with Crippen LogP contribution in [0, 0.1) is 11.3 Å². The van der Waals surface area contributed by atoms with Gasteiger partial charge >= 0.3 is 0 Å². The topological polar surface area (TPSA) is 74.9 Å². The molecule has 1 aromatic carbocycles. The van der Waals surface area contributed by atoms with E-state index in [9.17, 15) is 14.9 Å². The summed E-state index contributed by atoms with van der Waals surface area (Å²) in [6.07, 6.45) is 1.77. The molecule has 0 atom stereocenters. The Balaban J connectivity index is 2.73. The Morgan fingerprint density at radius 2 is 2.04 bits per heavy atom. The molecule has 1 N–H and O–H groups in total. The van der Waals surface area contributed by atoms with E-state index in [4.69, 9.17) is 0 Å². The quantitative estimate of drug-likeness (QED) is 0.833. The molecule has 2 rings (SSSR count). The lowest BCUT2D eigenvalue weighted by Crippen LogP contribution is -2.34. The van der Waals surface area contributed by atoms with E-state index in [1.165, 1.54) is 4.57 Å². The number of nitriles is 1. The molecule has 2 aromatic rings. The first kappa shape index (κ1) is 18.2. The minimum Gasteiger partial charge on any atom is -0.352 e. The fourth-order valence-corrected chi connectivity index (χ4v) is 3.58. The molecule has 0 unspecified atom stereocenters. The Hall–Kier alpha value is -2.17. The molecule has 0 aliphatic rings. The molecular weight excluding hydrogens is 390 g/mol. The van der Waals surface area contributed by atoms with Crippen molar-refractivity contribution in [3.8, 4) is 6.07 Å². The summed E-state index contributed by atoms with van der Waals surface area (Å²) in [5.41, 5.74) is 0.650. The summed E-state index contributed by atoms with van der Waals surface area (Å²) in [7, 11) is 0. The van der Waals surface area contributed by atoms with Crippen molar-refractivity contribution in [1.82, 2.24) is 9.88 Å². The Labute approximate surface area is 151 Å². The minimum absolute atomic E-state index is 0.0312. The molecule has 7 heteroatoms. The number of hydrogen-bond acceptors (Lipinski definition) is 4.